The molecule has 0 spiro atoms. The summed E-state index contributed by atoms with van der Waals surface area (Å²) in [5, 5.41) is 11.5. The topological polar surface area (TPSA) is 112 Å². The van der Waals surface area contributed by atoms with Gasteiger partial charge in [-0.2, -0.15) is 0 Å². The molecule has 2 aromatic heterocycles. The number of nitrogens with zero attached hydrogens (tertiary/aromatic N) is 1. The van der Waals surface area contributed by atoms with Gasteiger partial charge in [-0.1, -0.05) is 0 Å². The molecule has 0 aromatic carbocycles. The lowest BCUT2D eigenvalue weighted by atomic mass is 10.3. The zero-order valence-corrected chi connectivity index (χ0v) is 12.2. The maximum absolute atomic E-state index is 11.9. The van der Waals surface area contributed by atoms with Gasteiger partial charge in [0.15, 0.2) is 0 Å². The van der Waals surface area contributed by atoms with Gasteiger partial charge in [-0.3, -0.25) is 0 Å². The molecule has 0 bridgehead atoms. The van der Waals surface area contributed by atoms with Crippen molar-refractivity contribution in [1.82, 2.24) is 14.7 Å². The minimum Gasteiger partial charge on any atom is -0.477 e. The predicted molar refractivity (Wildman–Crippen MR) is 73.5 cm³/mol. The molecule has 0 atom stereocenters. The van der Waals surface area contributed by atoms with Crippen LogP contribution in [0, 0.1) is 6.92 Å². The lowest BCUT2D eigenvalue weighted by Crippen LogP contribution is -2.25. The summed E-state index contributed by atoms with van der Waals surface area (Å²) in [6.07, 6.45) is 1.64. The highest BCUT2D eigenvalue weighted by Gasteiger charge is 2.17. The van der Waals surface area contributed by atoms with Crippen molar-refractivity contribution in [3.63, 3.8) is 0 Å². The summed E-state index contributed by atoms with van der Waals surface area (Å²) in [6.45, 7) is 2.09. The van der Waals surface area contributed by atoms with Crippen molar-refractivity contribution in [2.45, 2.75) is 18.2 Å². The van der Waals surface area contributed by atoms with Crippen molar-refractivity contribution in [1.29, 1.82) is 0 Å². The fraction of sp³-hybridized carbons (Fsp3) is 0.273. The van der Waals surface area contributed by atoms with E-state index in [9.17, 15) is 13.2 Å². The van der Waals surface area contributed by atoms with Gasteiger partial charge in [-0.15, -0.1) is 11.3 Å². The number of carboxylic acids is 1. The molecular weight excluding hydrogens is 302 g/mol. The summed E-state index contributed by atoms with van der Waals surface area (Å²) in [6, 6.07) is 1.08. The minimum atomic E-state index is -3.71. The van der Waals surface area contributed by atoms with E-state index in [1.807, 2.05) is 12.3 Å². The van der Waals surface area contributed by atoms with Crippen LogP contribution in [-0.2, 0) is 16.4 Å². The Balaban J connectivity index is 1.98. The zero-order chi connectivity index (χ0) is 14.8. The average molecular weight is 315 g/mol. The quantitative estimate of drug-likeness (QED) is 0.736. The van der Waals surface area contributed by atoms with E-state index in [1.165, 1.54) is 11.3 Å². The number of sulfonamides is 1. The summed E-state index contributed by atoms with van der Waals surface area (Å²) in [7, 11) is -3.71. The van der Waals surface area contributed by atoms with Crippen LogP contribution in [0.4, 0.5) is 0 Å². The van der Waals surface area contributed by atoms with Crippen molar-refractivity contribution in [2.24, 2.45) is 0 Å². The van der Waals surface area contributed by atoms with Gasteiger partial charge >= 0.3 is 5.97 Å². The van der Waals surface area contributed by atoms with Crippen LogP contribution >= 0.6 is 11.3 Å². The molecule has 7 nitrogen and oxygen atoms in total. The molecule has 108 valence electrons. The fourth-order valence-corrected chi connectivity index (χ4v) is 3.24. The number of aromatic amines is 1. The summed E-state index contributed by atoms with van der Waals surface area (Å²) in [5.74, 6) is -1.20. The molecular formula is C11H13N3O4S2. The van der Waals surface area contributed by atoms with E-state index in [2.05, 4.69) is 14.7 Å². The molecule has 0 saturated carbocycles. The third kappa shape index (κ3) is 3.44. The van der Waals surface area contributed by atoms with Gasteiger partial charge in [0.1, 0.15) is 10.6 Å². The largest absolute Gasteiger partial charge is 0.477 e. The van der Waals surface area contributed by atoms with E-state index in [0.717, 1.165) is 23.0 Å². The van der Waals surface area contributed by atoms with Crippen LogP contribution in [0.15, 0.2) is 22.5 Å². The Hall–Kier alpha value is -1.71. The number of carboxylic acid groups (broad SMARTS) is 1. The number of nitrogens with one attached hydrogen (secondary N) is 2. The van der Waals surface area contributed by atoms with E-state index in [4.69, 9.17) is 5.11 Å². The van der Waals surface area contributed by atoms with E-state index < -0.39 is 16.0 Å². The number of hydrogen-bond donors (Lipinski definition) is 3. The molecule has 0 radical (unpaired) electrons. The number of aromatic nitrogens is 2. The fourth-order valence-electron chi connectivity index (χ4n) is 1.57. The molecule has 20 heavy (non-hydrogen) atoms. The molecule has 0 aliphatic heterocycles. The number of aryl methyl sites for hydroxylation is 1. The number of hydrogen-bond acceptors (Lipinski definition) is 5. The summed E-state index contributed by atoms with van der Waals surface area (Å²) < 4.78 is 26.3. The predicted octanol–water partition coefficient (Wildman–Crippen LogP) is 0.999. The van der Waals surface area contributed by atoms with E-state index in [1.54, 1.807) is 0 Å². The third-order valence-corrected chi connectivity index (χ3v) is 4.80. The van der Waals surface area contributed by atoms with Crippen molar-refractivity contribution < 1.29 is 18.3 Å². The van der Waals surface area contributed by atoms with Gasteiger partial charge in [0.05, 0.1) is 10.7 Å². The van der Waals surface area contributed by atoms with Crippen LogP contribution < -0.4 is 4.72 Å². The molecule has 0 fully saturated rings. The van der Waals surface area contributed by atoms with E-state index in [-0.39, 0.29) is 17.1 Å². The van der Waals surface area contributed by atoms with Crippen LogP contribution in [0.5, 0.6) is 0 Å². The molecule has 9 heteroatoms. The Kier molecular flexibility index (Phi) is 4.21. The lowest BCUT2D eigenvalue weighted by Gasteiger charge is -2.03. The Morgan fingerprint density at radius 2 is 2.30 bits per heavy atom. The molecule has 2 aromatic rings. The Morgan fingerprint density at radius 3 is 2.85 bits per heavy atom. The van der Waals surface area contributed by atoms with Crippen LogP contribution in [0.25, 0.3) is 0 Å². The standard InChI is InChI=1S/C11H13N3O4S2/c1-7-14-8(6-19-7)2-3-13-20(17,18)9-4-10(11(15)16)12-5-9/h4-6,12-13H,2-3H2,1H3,(H,15,16). The first-order valence-corrected chi connectivity index (χ1v) is 8.07. The third-order valence-electron chi connectivity index (χ3n) is 2.54. The van der Waals surface area contributed by atoms with Crippen LogP contribution in [0.3, 0.4) is 0 Å². The molecule has 0 aliphatic carbocycles. The highest BCUT2D eigenvalue weighted by atomic mass is 32.2. The average Bonchev–Trinajstić information content (AvgIpc) is 2.98. The smallest absolute Gasteiger partial charge is 0.352 e. The summed E-state index contributed by atoms with van der Waals surface area (Å²) in [4.78, 5) is 17.2. The number of rotatable bonds is 6. The van der Waals surface area contributed by atoms with E-state index in [0.29, 0.717) is 6.42 Å². The van der Waals surface area contributed by atoms with Gasteiger partial charge in [-0.05, 0) is 13.0 Å². The highest BCUT2D eigenvalue weighted by Crippen LogP contribution is 2.11. The first-order chi connectivity index (χ1) is 9.38. The van der Waals surface area contributed by atoms with Crippen molar-refractivity contribution >= 4 is 27.3 Å². The normalized spacial score (nSPS) is 11.7. The van der Waals surface area contributed by atoms with Crippen molar-refractivity contribution in [3.8, 4) is 0 Å². The number of aromatic carboxylic acids is 1. The summed E-state index contributed by atoms with van der Waals surface area (Å²) >= 11 is 1.51. The molecule has 0 saturated heterocycles. The van der Waals surface area contributed by atoms with Crippen molar-refractivity contribution in [3.05, 3.63) is 34.0 Å². The second kappa shape index (κ2) is 5.73. The van der Waals surface area contributed by atoms with Gasteiger partial charge in [0.25, 0.3) is 0 Å². The second-order valence-electron chi connectivity index (χ2n) is 4.06. The Labute approximate surface area is 119 Å². The van der Waals surface area contributed by atoms with Crippen molar-refractivity contribution in [2.75, 3.05) is 6.54 Å². The van der Waals surface area contributed by atoms with Gasteiger partial charge in [0.2, 0.25) is 10.0 Å². The zero-order valence-electron chi connectivity index (χ0n) is 10.6. The highest BCUT2D eigenvalue weighted by molar-refractivity contribution is 7.89. The molecule has 0 amide bonds. The molecule has 2 rings (SSSR count). The number of carbonyl (C=O) groups is 1. The molecule has 2 heterocycles. The monoisotopic (exact) mass is 315 g/mol. The Morgan fingerprint density at radius 1 is 1.55 bits per heavy atom. The Bertz CT molecular complexity index is 718. The minimum absolute atomic E-state index is 0.0932. The second-order valence-corrected chi connectivity index (χ2v) is 6.89. The number of thiazole rings is 1. The lowest BCUT2D eigenvalue weighted by molar-refractivity contribution is 0.0691. The maximum atomic E-state index is 11.9. The molecule has 0 unspecified atom stereocenters. The van der Waals surface area contributed by atoms with Gasteiger partial charge in [-0.25, -0.2) is 22.9 Å². The van der Waals surface area contributed by atoms with Crippen LogP contribution in [0.2, 0.25) is 0 Å². The van der Waals surface area contributed by atoms with E-state index >= 15 is 0 Å². The maximum Gasteiger partial charge on any atom is 0.352 e. The first kappa shape index (κ1) is 14.7. The molecule has 3 N–H and O–H groups in total. The van der Waals surface area contributed by atoms with Crippen LogP contribution in [-0.4, -0.2) is 36.0 Å². The SMILES string of the molecule is Cc1nc(CCNS(=O)(=O)c2c[nH]c(C(=O)O)c2)cs1. The molecule has 0 aliphatic rings. The van der Waals surface area contributed by atoms with Gasteiger partial charge in [0, 0.05) is 24.5 Å². The van der Waals surface area contributed by atoms with Gasteiger partial charge < -0.3 is 10.1 Å². The summed E-state index contributed by atoms with van der Waals surface area (Å²) in [5.41, 5.74) is 0.663. The number of H-pyrrole nitrogens is 1. The first-order valence-electron chi connectivity index (χ1n) is 5.71. The van der Waals surface area contributed by atoms with Crippen LogP contribution in [0.1, 0.15) is 21.2 Å².